The predicted molar refractivity (Wildman–Crippen MR) is 83.0 cm³/mol. The molecule has 0 bridgehead atoms. The first-order chi connectivity index (χ1) is 11.4. The Morgan fingerprint density at radius 1 is 1.25 bits per heavy atom. The van der Waals surface area contributed by atoms with Gasteiger partial charge in [-0.2, -0.15) is 0 Å². The summed E-state index contributed by atoms with van der Waals surface area (Å²) in [5.74, 6) is -2.08. The number of nitrogens with one attached hydrogen (secondary N) is 1. The lowest BCUT2D eigenvalue weighted by Crippen LogP contribution is -2.34. The van der Waals surface area contributed by atoms with Crippen molar-refractivity contribution in [3.05, 3.63) is 47.8 Å². The summed E-state index contributed by atoms with van der Waals surface area (Å²) < 4.78 is 1.22. The largest absolute Gasteiger partial charge is 0.479 e. The van der Waals surface area contributed by atoms with E-state index in [1.165, 1.54) is 15.8 Å². The smallest absolute Gasteiger partial charge is 0.330 e. The van der Waals surface area contributed by atoms with Gasteiger partial charge in [-0.1, -0.05) is 35.5 Å². The van der Waals surface area contributed by atoms with E-state index in [-0.39, 0.29) is 18.1 Å². The van der Waals surface area contributed by atoms with E-state index in [0.717, 1.165) is 0 Å². The van der Waals surface area contributed by atoms with Crippen molar-refractivity contribution in [3.8, 4) is 0 Å². The fourth-order valence-electron chi connectivity index (χ4n) is 1.90. The number of rotatable bonds is 6. The highest BCUT2D eigenvalue weighted by Crippen LogP contribution is 2.13. The Kier molecular flexibility index (Phi) is 5.25. The maximum Gasteiger partial charge on any atom is 0.330 e. The third-order valence-electron chi connectivity index (χ3n) is 3.22. The molecule has 126 valence electrons. The zero-order chi connectivity index (χ0) is 17.7. The van der Waals surface area contributed by atoms with Crippen LogP contribution in [0.2, 0.25) is 0 Å². The quantitative estimate of drug-likeness (QED) is 0.764. The third kappa shape index (κ3) is 4.15. The second-order valence-electron chi connectivity index (χ2n) is 5.24. The summed E-state index contributed by atoms with van der Waals surface area (Å²) in [6.45, 7) is -0.0612. The molecule has 1 aromatic heterocycles. The standard InChI is InChI=1S/C15H17N5O4/c1-19(2)12(21)9-20-8-11(17-18-20)14(22)16-13(15(23)24)10-6-4-3-5-7-10/h3-8,13H,9H2,1-2H3,(H,16,22)(H,23,24). The maximum atomic E-state index is 12.2. The van der Waals surface area contributed by atoms with Crippen LogP contribution in [0, 0.1) is 0 Å². The number of carboxylic acid groups (broad SMARTS) is 1. The average molecular weight is 331 g/mol. The van der Waals surface area contributed by atoms with Gasteiger partial charge in [-0.25, -0.2) is 9.48 Å². The molecule has 2 amide bonds. The van der Waals surface area contributed by atoms with Crippen LogP contribution in [0.3, 0.4) is 0 Å². The Balaban J connectivity index is 2.10. The van der Waals surface area contributed by atoms with E-state index in [1.54, 1.807) is 44.4 Å². The normalized spacial score (nSPS) is 11.6. The zero-order valence-electron chi connectivity index (χ0n) is 13.2. The number of carbonyl (C=O) groups is 3. The van der Waals surface area contributed by atoms with E-state index in [1.807, 2.05) is 0 Å². The second-order valence-corrected chi connectivity index (χ2v) is 5.24. The predicted octanol–water partition coefficient (Wildman–Crippen LogP) is -0.0780. The fourth-order valence-corrected chi connectivity index (χ4v) is 1.90. The van der Waals surface area contributed by atoms with Crippen LogP contribution in [0.5, 0.6) is 0 Å². The topological polar surface area (TPSA) is 117 Å². The number of nitrogens with zero attached hydrogens (tertiary/aromatic N) is 4. The molecule has 0 radical (unpaired) electrons. The van der Waals surface area contributed by atoms with Crippen molar-refractivity contribution in [3.63, 3.8) is 0 Å². The molecule has 9 nitrogen and oxygen atoms in total. The van der Waals surface area contributed by atoms with Crippen LogP contribution in [0.15, 0.2) is 36.5 Å². The minimum atomic E-state index is -1.20. The van der Waals surface area contributed by atoms with Crippen molar-refractivity contribution >= 4 is 17.8 Å². The molecule has 0 aliphatic carbocycles. The number of hydrogen-bond donors (Lipinski definition) is 2. The van der Waals surface area contributed by atoms with Gasteiger partial charge in [0.2, 0.25) is 5.91 Å². The molecular weight excluding hydrogens is 314 g/mol. The highest BCUT2D eigenvalue weighted by Gasteiger charge is 2.24. The molecule has 1 atom stereocenters. The van der Waals surface area contributed by atoms with Gasteiger partial charge in [0.15, 0.2) is 11.7 Å². The molecule has 1 aromatic carbocycles. The van der Waals surface area contributed by atoms with E-state index in [0.29, 0.717) is 5.56 Å². The van der Waals surface area contributed by atoms with E-state index < -0.39 is 17.9 Å². The van der Waals surface area contributed by atoms with Crippen LogP contribution in [0.25, 0.3) is 0 Å². The lowest BCUT2D eigenvalue weighted by molar-refractivity contribution is -0.139. The average Bonchev–Trinajstić information content (AvgIpc) is 3.01. The van der Waals surface area contributed by atoms with Gasteiger partial charge < -0.3 is 15.3 Å². The van der Waals surface area contributed by atoms with Crippen LogP contribution in [0.4, 0.5) is 0 Å². The van der Waals surface area contributed by atoms with Crippen LogP contribution < -0.4 is 5.32 Å². The highest BCUT2D eigenvalue weighted by atomic mass is 16.4. The zero-order valence-corrected chi connectivity index (χ0v) is 13.2. The van der Waals surface area contributed by atoms with E-state index in [4.69, 9.17) is 0 Å². The molecule has 2 aromatic rings. The minimum Gasteiger partial charge on any atom is -0.479 e. The highest BCUT2D eigenvalue weighted by molar-refractivity contribution is 5.95. The van der Waals surface area contributed by atoms with Crippen molar-refractivity contribution in [2.24, 2.45) is 0 Å². The van der Waals surface area contributed by atoms with Gasteiger partial charge in [-0.05, 0) is 5.56 Å². The first-order valence-electron chi connectivity index (χ1n) is 7.07. The van der Waals surface area contributed by atoms with Crippen molar-refractivity contribution < 1.29 is 19.5 Å². The number of benzene rings is 1. The van der Waals surface area contributed by atoms with Gasteiger partial charge >= 0.3 is 5.97 Å². The van der Waals surface area contributed by atoms with E-state index in [9.17, 15) is 19.5 Å². The molecule has 0 fully saturated rings. The lowest BCUT2D eigenvalue weighted by atomic mass is 10.1. The first kappa shape index (κ1) is 17.1. The summed E-state index contributed by atoms with van der Waals surface area (Å²) in [6.07, 6.45) is 1.29. The number of aliphatic carboxylic acids is 1. The number of hydrogen-bond acceptors (Lipinski definition) is 5. The third-order valence-corrected chi connectivity index (χ3v) is 3.22. The Morgan fingerprint density at radius 2 is 1.92 bits per heavy atom. The summed E-state index contributed by atoms with van der Waals surface area (Å²) in [4.78, 5) is 36.6. The summed E-state index contributed by atoms with van der Waals surface area (Å²) in [5.41, 5.74) is 0.372. The Bertz CT molecular complexity index is 741. The number of likely N-dealkylation sites (N-methyl/N-ethyl adjacent to an activating group) is 1. The van der Waals surface area contributed by atoms with Crippen LogP contribution in [-0.4, -0.2) is 56.9 Å². The van der Waals surface area contributed by atoms with Gasteiger partial charge in [0.05, 0.1) is 6.20 Å². The lowest BCUT2D eigenvalue weighted by Gasteiger charge is -2.13. The van der Waals surface area contributed by atoms with Crippen LogP contribution in [-0.2, 0) is 16.1 Å². The summed E-state index contributed by atoms with van der Waals surface area (Å²) in [6, 6.07) is 7.11. The molecule has 2 N–H and O–H groups in total. The molecule has 24 heavy (non-hydrogen) atoms. The fraction of sp³-hybridized carbons (Fsp3) is 0.267. The monoisotopic (exact) mass is 331 g/mol. The molecule has 0 aliphatic rings. The van der Waals surface area contributed by atoms with Crippen molar-refractivity contribution in [1.82, 2.24) is 25.2 Å². The second kappa shape index (κ2) is 7.36. The van der Waals surface area contributed by atoms with Crippen LogP contribution >= 0.6 is 0 Å². The SMILES string of the molecule is CN(C)C(=O)Cn1cc(C(=O)NC(C(=O)O)c2ccccc2)nn1. The summed E-state index contributed by atoms with van der Waals surface area (Å²) >= 11 is 0. The number of amides is 2. The minimum absolute atomic E-state index is 0.0612. The van der Waals surface area contributed by atoms with Gasteiger partial charge in [0, 0.05) is 14.1 Å². The van der Waals surface area contributed by atoms with Gasteiger partial charge in [0.25, 0.3) is 5.91 Å². The maximum absolute atomic E-state index is 12.2. The molecule has 0 aliphatic heterocycles. The van der Waals surface area contributed by atoms with Gasteiger partial charge in [-0.15, -0.1) is 5.10 Å². The van der Waals surface area contributed by atoms with Crippen molar-refractivity contribution in [1.29, 1.82) is 0 Å². The van der Waals surface area contributed by atoms with Crippen LogP contribution in [0.1, 0.15) is 22.1 Å². The Hall–Kier alpha value is -3.23. The van der Waals surface area contributed by atoms with Crippen molar-refractivity contribution in [2.45, 2.75) is 12.6 Å². The van der Waals surface area contributed by atoms with Gasteiger partial charge in [0.1, 0.15) is 6.54 Å². The first-order valence-corrected chi connectivity index (χ1v) is 7.07. The molecule has 0 saturated carbocycles. The number of aromatic nitrogens is 3. The summed E-state index contributed by atoms with van der Waals surface area (Å²) in [7, 11) is 3.20. The molecule has 0 saturated heterocycles. The molecule has 1 unspecified atom stereocenters. The molecule has 1 heterocycles. The summed E-state index contributed by atoms with van der Waals surface area (Å²) in [5, 5.41) is 19.1. The van der Waals surface area contributed by atoms with Gasteiger partial charge in [-0.3, -0.25) is 9.59 Å². The van der Waals surface area contributed by atoms with Crippen molar-refractivity contribution in [2.75, 3.05) is 14.1 Å². The molecule has 0 spiro atoms. The Morgan fingerprint density at radius 3 is 2.50 bits per heavy atom. The molecule has 2 rings (SSSR count). The molecule has 9 heteroatoms. The number of carbonyl (C=O) groups excluding carboxylic acids is 2. The van der Waals surface area contributed by atoms with E-state index >= 15 is 0 Å². The Labute approximate surface area is 137 Å². The number of carboxylic acids is 1. The van der Waals surface area contributed by atoms with E-state index in [2.05, 4.69) is 15.6 Å². The molecular formula is C15H17N5O4.